The van der Waals surface area contributed by atoms with Crippen molar-refractivity contribution in [2.24, 2.45) is 10.7 Å². The third-order valence-corrected chi connectivity index (χ3v) is 5.02. The van der Waals surface area contributed by atoms with Gasteiger partial charge in [-0.1, -0.05) is 24.3 Å². The van der Waals surface area contributed by atoms with E-state index in [9.17, 15) is 18.3 Å². The molecule has 0 bridgehead atoms. The van der Waals surface area contributed by atoms with Gasteiger partial charge in [-0.3, -0.25) is 4.98 Å². The molecule has 2 aromatic rings. The van der Waals surface area contributed by atoms with Crippen LogP contribution >= 0.6 is 0 Å². The molecule has 4 rings (SSSR count). The van der Waals surface area contributed by atoms with Crippen LogP contribution in [0.3, 0.4) is 0 Å². The topological polar surface area (TPSA) is 90.0 Å². The van der Waals surface area contributed by atoms with Gasteiger partial charge < -0.3 is 20.3 Å². The average molecular weight is 417 g/mol. The fourth-order valence-electron chi connectivity index (χ4n) is 3.62. The van der Waals surface area contributed by atoms with Crippen LogP contribution in [0.1, 0.15) is 12.0 Å². The zero-order valence-electron chi connectivity index (χ0n) is 15.6. The van der Waals surface area contributed by atoms with Gasteiger partial charge >= 0.3 is 6.61 Å². The number of nitrogens with two attached hydrogens (primary N) is 1. The van der Waals surface area contributed by atoms with Gasteiger partial charge in [0.05, 0.1) is 6.20 Å². The Morgan fingerprint density at radius 1 is 1.23 bits per heavy atom. The van der Waals surface area contributed by atoms with E-state index in [1.807, 2.05) is 12.1 Å². The lowest BCUT2D eigenvalue weighted by Crippen LogP contribution is -2.30. The highest BCUT2D eigenvalue weighted by Gasteiger charge is 2.43. The summed E-state index contributed by atoms with van der Waals surface area (Å²) in [6, 6.07) is 8.73. The third-order valence-electron chi connectivity index (χ3n) is 5.02. The molecular weight excluding hydrogens is 399 g/mol. The summed E-state index contributed by atoms with van der Waals surface area (Å²) in [6.07, 6.45) is 4.24. The monoisotopic (exact) mass is 417 g/mol. The normalized spacial score (nSPS) is 23.6. The van der Waals surface area contributed by atoms with Crippen molar-refractivity contribution in [2.75, 3.05) is 6.61 Å². The first-order valence-electron chi connectivity index (χ1n) is 9.12. The van der Waals surface area contributed by atoms with Crippen molar-refractivity contribution in [3.63, 3.8) is 0 Å². The predicted octanol–water partition coefficient (Wildman–Crippen LogP) is 3.79. The van der Waals surface area contributed by atoms with Crippen LogP contribution in [0.2, 0.25) is 0 Å². The summed E-state index contributed by atoms with van der Waals surface area (Å²) in [5.41, 5.74) is 7.14. The predicted molar refractivity (Wildman–Crippen MR) is 103 cm³/mol. The van der Waals surface area contributed by atoms with Crippen molar-refractivity contribution in [3.8, 4) is 16.9 Å². The summed E-state index contributed by atoms with van der Waals surface area (Å²) >= 11 is 0. The Morgan fingerprint density at radius 3 is 2.73 bits per heavy atom. The zero-order valence-corrected chi connectivity index (χ0v) is 15.6. The number of halogens is 3. The number of aliphatic imine (C=N–C) groups is 1. The standard InChI is InChI=1S/C21H18F3N3O3/c22-17-8-15(4-5-18(17)30-19(23)24)21(11-29-20(25)27-21)14-3-1-2-12(6-14)13-7-16(28)10-26-9-13/h1-4,6-10,18-19,28H,5,11H2,(H2,25,27)/t18-,21?/m0/s1. The lowest BCUT2D eigenvalue weighted by Gasteiger charge is -2.30. The molecule has 156 valence electrons. The Bertz CT molecular complexity index is 1050. The molecule has 2 heterocycles. The van der Waals surface area contributed by atoms with Gasteiger partial charge in [0.25, 0.3) is 6.02 Å². The van der Waals surface area contributed by atoms with Crippen LogP contribution in [0.15, 0.2) is 71.3 Å². The maximum absolute atomic E-state index is 14.5. The molecule has 0 amide bonds. The highest BCUT2D eigenvalue weighted by atomic mass is 19.3. The van der Waals surface area contributed by atoms with E-state index < -0.39 is 24.1 Å². The van der Waals surface area contributed by atoms with E-state index in [0.29, 0.717) is 16.7 Å². The van der Waals surface area contributed by atoms with Crippen LogP contribution in [-0.4, -0.2) is 35.4 Å². The zero-order chi connectivity index (χ0) is 21.3. The molecule has 0 radical (unpaired) electrons. The second-order valence-corrected chi connectivity index (χ2v) is 6.92. The van der Waals surface area contributed by atoms with Gasteiger partial charge in [-0.25, -0.2) is 9.38 Å². The van der Waals surface area contributed by atoms with Crippen LogP contribution < -0.4 is 5.73 Å². The SMILES string of the molecule is NC1=NC(C2=CC[C@H](OC(F)F)C(F)=C2)(c2cccc(-c3cncc(O)c3)c2)CO1. The lowest BCUT2D eigenvalue weighted by atomic mass is 9.80. The molecule has 1 unspecified atom stereocenters. The van der Waals surface area contributed by atoms with Crippen molar-refractivity contribution in [1.29, 1.82) is 0 Å². The van der Waals surface area contributed by atoms with Gasteiger partial charge in [0.2, 0.25) is 0 Å². The molecule has 9 heteroatoms. The Hall–Kier alpha value is -3.33. The number of nitrogens with zero attached hydrogens (tertiary/aromatic N) is 2. The molecule has 2 aliphatic rings. The van der Waals surface area contributed by atoms with E-state index in [-0.39, 0.29) is 24.8 Å². The van der Waals surface area contributed by atoms with E-state index in [1.165, 1.54) is 6.20 Å². The van der Waals surface area contributed by atoms with E-state index >= 15 is 0 Å². The van der Waals surface area contributed by atoms with E-state index in [1.54, 1.807) is 30.5 Å². The summed E-state index contributed by atoms with van der Waals surface area (Å²) in [5, 5.41) is 9.72. The van der Waals surface area contributed by atoms with E-state index in [2.05, 4.69) is 14.7 Å². The van der Waals surface area contributed by atoms with Crippen LogP contribution in [0.4, 0.5) is 13.2 Å². The first kappa shape index (κ1) is 20.0. The van der Waals surface area contributed by atoms with E-state index in [4.69, 9.17) is 10.5 Å². The maximum Gasteiger partial charge on any atom is 0.345 e. The number of amidine groups is 1. The highest BCUT2D eigenvalue weighted by Crippen LogP contribution is 2.42. The lowest BCUT2D eigenvalue weighted by molar-refractivity contribution is -0.156. The molecule has 1 aromatic carbocycles. The number of ether oxygens (including phenoxy) is 2. The van der Waals surface area contributed by atoms with Crippen molar-refractivity contribution in [1.82, 2.24) is 4.98 Å². The molecule has 6 nitrogen and oxygen atoms in total. The molecular formula is C21H18F3N3O3. The molecule has 3 N–H and O–H groups in total. The van der Waals surface area contributed by atoms with Gasteiger partial charge in [-0.2, -0.15) is 8.78 Å². The van der Waals surface area contributed by atoms with Crippen LogP contribution in [-0.2, 0) is 15.0 Å². The Morgan fingerprint density at radius 2 is 2.07 bits per heavy atom. The molecule has 0 saturated carbocycles. The summed E-state index contributed by atoms with van der Waals surface area (Å²) in [6.45, 7) is -3.05. The first-order chi connectivity index (χ1) is 14.4. The number of aromatic hydroxyl groups is 1. The number of benzene rings is 1. The maximum atomic E-state index is 14.5. The largest absolute Gasteiger partial charge is 0.506 e. The molecule has 0 saturated heterocycles. The van der Waals surface area contributed by atoms with Crippen LogP contribution in [0.5, 0.6) is 5.75 Å². The minimum atomic E-state index is -3.07. The van der Waals surface area contributed by atoms with Crippen LogP contribution in [0, 0.1) is 0 Å². The average Bonchev–Trinajstić information content (AvgIpc) is 3.12. The molecule has 1 aliphatic heterocycles. The van der Waals surface area contributed by atoms with Gasteiger partial charge in [-0.15, -0.1) is 0 Å². The quantitative estimate of drug-likeness (QED) is 0.773. The van der Waals surface area contributed by atoms with Crippen molar-refractivity contribution < 1.29 is 27.8 Å². The number of pyridine rings is 1. The van der Waals surface area contributed by atoms with Crippen molar-refractivity contribution in [3.05, 3.63) is 71.8 Å². The molecule has 30 heavy (non-hydrogen) atoms. The van der Waals surface area contributed by atoms with Crippen LogP contribution in [0.25, 0.3) is 11.1 Å². The minimum Gasteiger partial charge on any atom is -0.506 e. The Balaban J connectivity index is 1.75. The number of aromatic nitrogens is 1. The number of hydrogen-bond acceptors (Lipinski definition) is 6. The number of alkyl halides is 2. The fourth-order valence-corrected chi connectivity index (χ4v) is 3.62. The Kier molecular flexibility index (Phi) is 5.21. The Labute approximate surface area is 170 Å². The summed E-state index contributed by atoms with van der Waals surface area (Å²) in [7, 11) is 0. The summed E-state index contributed by atoms with van der Waals surface area (Å²) < 4.78 is 49.2. The molecule has 1 aliphatic carbocycles. The van der Waals surface area contributed by atoms with Crippen molar-refractivity contribution >= 4 is 6.02 Å². The molecule has 1 aromatic heterocycles. The van der Waals surface area contributed by atoms with Crippen molar-refractivity contribution in [2.45, 2.75) is 24.7 Å². The van der Waals surface area contributed by atoms with Gasteiger partial charge in [0.1, 0.15) is 29.8 Å². The summed E-state index contributed by atoms with van der Waals surface area (Å²) in [4.78, 5) is 8.41. The van der Waals surface area contributed by atoms with Gasteiger partial charge in [-0.05, 0) is 41.3 Å². The van der Waals surface area contributed by atoms with Gasteiger partial charge in [0, 0.05) is 11.8 Å². The second kappa shape index (κ2) is 7.83. The first-order valence-corrected chi connectivity index (χ1v) is 9.12. The minimum absolute atomic E-state index is 0.0177. The van der Waals surface area contributed by atoms with Gasteiger partial charge in [0.15, 0.2) is 0 Å². The number of rotatable bonds is 5. The number of hydrogen-bond donors (Lipinski definition) is 2. The fraction of sp³-hybridized carbons (Fsp3) is 0.238. The second-order valence-electron chi connectivity index (χ2n) is 6.92. The molecule has 0 fully saturated rings. The smallest absolute Gasteiger partial charge is 0.345 e. The molecule has 2 atom stereocenters. The summed E-state index contributed by atoms with van der Waals surface area (Å²) in [5.74, 6) is -0.801. The third kappa shape index (κ3) is 3.76. The molecule has 0 spiro atoms. The highest BCUT2D eigenvalue weighted by molar-refractivity contribution is 5.76. The van der Waals surface area contributed by atoms with E-state index in [0.717, 1.165) is 11.6 Å².